The van der Waals surface area contributed by atoms with Gasteiger partial charge in [0.05, 0.1) is 15.7 Å². The van der Waals surface area contributed by atoms with Crippen LogP contribution in [0.4, 0.5) is 13.2 Å². The van der Waals surface area contributed by atoms with Crippen molar-refractivity contribution in [2.45, 2.75) is 89.1 Å². The summed E-state index contributed by atoms with van der Waals surface area (Å²) in [6, 6.07) is 0. The van der Waals surface area contributed by atoms with Gasteiger partial charge in [0.1, 0.15) is 0 Å². The Morgan fingerprint density at radius 2 is 1.62 bits per heavy atom. The van der Waals surface area contributed by atoms with E-state index >= 15 is 0 Å². The second kappa shape index (κ2) is 11.0. The third kappa shape index (κ3) is 9.12. The number of nitrogens with zero attached hydrogens (tertiary/aromatic N) is 1. The Bertz CT molecular complexity index is 491. The fourth-order valence-electron chi connectivity index (χ4n) is 2.21. The summed E-state index contributed by atoms with van der Waals surface area (Å²) in [7, 11) is -2.11. The highest BCUT2D eigenvalue weighted by molar-refractivity contribution is 7.84. The molecule has 9 heteroatoms. The highest BCUT2D eigenvalue weighted by Crippen LogP contribution is 2.33. The van der Waals surface area contributed by atoms with E-state index in [0.717, 1.165) is 44.6 Å². The highest BCUT2D eigenvalue weighted by atomic mass is 32.2. The molecule has 2 atom stereocenters. The molecule has 0 spiro atoms. The molecule has 26 heavy (non-hydrogen) atoms. The van der Waals surface area contributed by atoms with Crippen LogP contribution in [-0.4, -0.2) is 32.1 Å². The first kappa shape index (κ1) is 25.0. The first-order chi connectivity index (χ1) is 11.9. The van der Waals surface area contributed by atoms with Gasteiger partial charge >= 0.3 is 6.18 Å². The van der Waals surface area contributed by atoms with Crippen LogP contribution in [-0.2, 0) is 11.0 Å². The standard InChI is InChI=1S/C17H31F3N2O3S/c1-5-6-7-8-9-10-11-12-13-16(14-22(23)24,17(18,19)20)21-26(25)15(2,3)4/h12-13,21H,5-11,14H2,1-4H3/b13-12+/t16-,26?/m0/s1. The minimum absolute atomic E-state index is 0.394. The maximum atomic E-state index is 13.6. The summed E-state index contributed by atoms with van der Waals surface area (Å²) in [5.74, 6) is 0. The third-order valence-electron chi connectivity index (χ3n) is 3.84. The number of nitrogens with one attached hydrogen (secondary N) is 1. The van der Waals surface area contributed by atoms with Crippen molar-refractivity contribution in [3.05, 3.63) is 22.3 Å². The molecule has 0 bridgehead atoms. The van der Waals surface area contributed by atoms with Gasteiger partial charge in [-0.3, -0.25) is 10.1 Å². The van der Waals surface area contributed by atoms with E-state index in [1.807, 2.05) is 4.72 Å². The first-order valence-electron chi connectivity index (χ1n) is 8.91. The van der Waals surface area contributed by atoms with Gasteiger partial charge in [0.2, 0.25) is 12.1 Å². The second-order valence-corrected chi connectivity index (χ2v) is 9.37. The van der Waals surface area contributed by atoms with E-state index in [-0.39, 0.29) is 0 Å². The molecular weight excluding hydrogens is 369 g/mol. The van der Waals surface area contributed by atoms with E-state index in [2.05, 4.69) is 6.92 Å². The van der Waals surface area contributed by atoms with Crippen LogP contribution in [0.1, 0.15) is 72.6 Å². The molecular formula is C17H31F3N2O3S. The van der Waals surface area contributed by atoms with Crippen molar-refractivity contribution in [1.29, 1.82) is 0 Å². The van der Waals surface area contributed by atoms with Gasteiger partial charge in [-0.15, -0.1) is 0 Å². The van der Waals surface area contributed by atoms with Crippen molar-refractivity contribution in [2.75, 3.05) is 6.54 Å². The van der Waals surface area contributed by atoms with Crippen LogP contribution < -0.4 is 4.72 Å². The normalized spacial score (nSPS) is 16.6. The molecule has 0 aromatic rings. The minimum atomic E-state index is -4.95. The molecule has 0 aliphatic rings. The molecule has 154 valence electrons. The molecule has 0 amide bonds. The Hall–Kier alpha value is -0.960. The monoisotopic (exact) mass is 400 g/mol. The average Bonchev–Trinajstić information content (AvgIpc) is 2.47. The van der Waals surface area contributed by atoms with Gasteiger partial charge in [0, 0.05) is 4.92 Å². The summed E-state index contributed by atoms with van der Waals surface area (Å²) in [6.07, 6.45) is 3.52. The van der Waals surface area contributed by atoms with Gasteiger partial charge in [-0.05, 0) is 33.6 Å². The molecule has 0 saturated heterocycles. The predicted molar refractivity (Wildman–Crippen MR) is 98.8 cm³/mol. The lowest BCUT2D eigenvalue weighted by Gasteiger charge is -2.32. The first-order valence-corrected chi connectivity index (χ1v) is 10.1. The van der Waals surface area contributed by atoms with Crippen molar-refractivity contribution in [3.63, 3.8) is 0 Å². The Morgan fingerprint density at radius 3 is 2.08 bits per heavy atom. The topological polar surface area (TPSA) is 72.2 Å². The van der Waals surface area contributed by atoms with Crippen LogP contribution in [0, 0.1) is 10.1 Å². The van der Waals surface area contributed by atoms with Crippen LogP contribution in [0.3, 0.4) is 0 Å². The maximum Gasteiger partial charge on any atom is 0.417 e. The zero-order chi connectivity index (χ0) is 20.4. The molecule has 0 fully saturated rings. The molecule has 0 aromatic carbocycles. The highest BCUT2D eigenvalue weighted by Gasteiger charge is 2.58. The van der Waals surface area contributed by atoms with Crippen LogP contribution in [0.2, 0.25) is 0 Å². The summed E-state index contributed by atoms with van der Waals surface area (Å²) >= 11 is 0. The van der Waals surface area contributed by atoms with Crippen molar-refractivity contribution in [2.24, 2.45) is 0 Å². The smallest absolute Gasteiger partial charge is 0.264 e. The van der Waals surface area contributed by atoms with E-state index < -0.39 is 38.9 Å². The fraction of sp³-hybridized carbons (Fsp3) is 0.882. The molecule has 0 aliphatic heterocycles. The lowest BCUT2D eigenvalue weighted by molar-refractivity contribution is -0.497. The third-order valence-corrected chi connectivity index (χ3v) is 5.50. The molecule has 1 N–H and O–H groups in total. The van der Waals surface area contributed by atoms with E-state index in [0.29, 0.717) is 6.42 Å². The number of unbranched alkanes of at least 4 members (excludes halogenated alkanes) is 6. The van der Waals surface area contributed by atoms with Crippen LogP contribution in [0.15, 0.2) is 12.2 Å². The van der Waals surface area contributed by atoms with Gasteiger partial charge in [-0.2, -0.15) is 13.2 Å². The van der Waals surface area contributed by atoms with Crippen molar-refractivity contribution >= 4 is 11.0 Å². The molecule has 0 aromatic heterocycles. The number of hydrogen-bond donors (Lipinski definition) is 1. The molecule has 0 aliphatic carbocycles. The second-order valence-electron chi connectivity index (χ2n) is 7.40. The lowest BCUT2D eigenvalue weighted by Crippen LogP contribution is -2.62. The number of alkyl halides is 3. The summed E-state index contributed by atoms with van der Waals surface area (Å²) < 4.78 is 54.1. The Morgan fingerprint density at radius 1 is 1.08 bits per heavy atom. The number of nitro groups is 1. The summed E-state index contributed by atoms with van der Waals surface area (Å²) in [4.78, 5) is 9.83. The Labute approximate surface area is 156 Å². The van der Waals surface area contributed by atoms with Gasteiger partial charge < -0.3 is 0 Å². The summed E-state index contributed by atoms with van der Waals surface area (Å²) in [5, 5.41) is 10.9. The number of rotatable bonds is 12. The average molecular weight is 401 g/mol. The molecule has 0 rings (SSSR count). The van der Waals surface area contributed by atoms with Gasteiger partial charge in [-0.25, -0.2) is 8.93 Å². The van der Waals surface area contributed by atoms with Crippen molar-refractivity contribution in [3.8, 4) is 0 Å². The van der Waals surface area contributed by atoms with Crippen LogP contribution in [0.25, 0.3) is 0 Å². The number of hydrogen-bond acceptors (Lipinski definition) is 3. The van der Waals surface area contributed by atoms with Gasteiger partial charge in [0.25, 0.3) is 0 Å². The van der Waals surface area contributed by atoms with Gasteiger partial charge in [0.15, 0.2) is 0 Å². The van der Waals surface area contributed by atoms with Crippen molar-refractivity contribution in [1.82, 2.24) is 4.72 Å². The van der Waals surface area contributed by atoms with E-state index in [1.165, 1.54) is 26.8 Å². The van der Waals surface area contributed by atoms with Crippen LogP contribution >= 0.6 is 0 Å². The van der Waals surface area contributed by atoms with Crippen molar-refractivity contribution < 1.29 is 22.3 Å². The lowest BCUT2D eigenvalue weighted by atomic mass is 9.98. The zero-order valence-corrected chi connectivity index (χ0v) is 16.8. The largest absolute Gasteiger partial charge is 0.417 e. The molecule has 1 unspecified atom stereocenters. The molecule has 5 nitrogen and oxygen atoms in total. The van der Waals surface area contributed by atoms with E-state index in [1.54, 1.807) is 0 Å². The quantitative estimate of drug-likeness (QED) is 0.219. The maximum absolute atomic E-state index is 13.6. The van der Waals surface area contributed by atoms with Gasteiger partial charge in [-0.1, -0.05) is 51.2 Å². The Balaban J connectivity index is 5.15. The number of halogens is 3. The number of allylic oxidation sites excluding steroid dienone is 1. The minimum Gasteiger partial charge on any atom is -0.264 e. The SMILES string of the molecule is CCCCCCCC/C=C/[C@@](C[N+](=O)[O-])(NS(=O)C(C)(C)C)C(F)(F)F. The predicted octanol–water partition coefficient (Wildman–Crippen LogP) is 4.92. The van der Waals surface area contributed by atoms with Crippen LogP contribution in [0.5, 0.6) is 0 Å². The molecule has 0 saturated carbocycles. The summed E-state index contributed by atoms with van der Waals surface area (Å²) in [5.41, 5.74) is -2.95. The molecule has 0 heterocycles. The summed E-state index contributed by atoms with van der Waals surface area (Å²) in [6.45, 7) is 5.20. The zero-order valence-electron chi connectivity index (χ0n) is 16.0. The Kier molecular flexibility index (Phi) is 10.6. The molecule has 0 radical (unpaired) electrons. The fourth-order valence-corrected chi connectivity index (χ4v) is 3.10. The van der Waals surface area contributed by atoms with E-state index in [9.17, 15) is 27.5 Å². The van der Waals surface area contributed by atoms with E-state index in [4.69, 9.17) is 0 Å².